The van der Waals surface area contributed by atoms with Crippen LogP contribution in [-0.4, -0.2) is 9.97 Å². The van der Waals surface area contributed by atoms with Gasteiger partial charge < -0.3 is 0 Å². The van der Waals surface area contributed by atoms with Gasteiger partial charge in [0.2, 0.25) is 0 Å². The van der Waals surface area contributed by atoms with Gasteiger partial charge in [-0.3, -0.25) is 0 Å². The Morgan fingerprint density at radius 2 is 1.59 bits per heavy atom. The van der Waals surface area contributed by atoms with Gasteiger partial charge in [0.1, 0.15) is 5.82 Å². The summed E-state index contributed by atoms with van der Waals surface area (Å²) in [6.45, 7) is 7.62. The molecule has 0 bridgehead atoms. The number of benzene rings is 2. The third-order valence-electron chi connectivity index (χ3n) is 3.45. The molecule has 22 heavy (non-hydrogen) atoms. The Kier molecular flexibility index (Phi) is 3.79. The molecule has 0 saturated carbocycles. The predicted octanol–water partition coefficient (Wildman–Crippen LogP) is 4.70. The van der Waals surface area contributed by atoms with Crippen molar-refractivity contribution in [3.63, 3.8) is 0 Å². The third kappa shape index (κ3) is 2.66. The minimum atomic E-state index is -0.281. The van der Waals surface area contributed by atoms with Crippen LogP contribution >= 0.6 is 0 Å². The van der Waals surface area contributed by atoms with Gasteiger partial charge in [-0.25, -0.2) is 14.4 Å². The Morgan fingerprint density at radius 3 is 2.23 bits per heavy atom. The van der Waals surface area contributed by atoms with Crippen LogP contribution in [-0.2, 0) is 0 Å². The molecular weight excluding hydrogens is 275 g/mol. The van der Waals surface area contributed by atoms with Crippen molar-refractivity contribution in [3.05, 3.63) is 78.3 Å². The number of halogens is 1. The summed E-state index contributed by atoms with van der Waals surface area (Å²) in [5, 5.41) is 0. The molecule has 3 rings (SSSR count). The highest BCUT2D eigenvalue weighted by molar-refractivity contribution is 5.74. The molecule has 0 aliphatic carbocycles. The Labute approximate surface area is 129 Å². The maximum absolute atomic E-state index is 13.1. The number of rotatable bonds is 3. The van der Waals surface area contributed by atoms with Gasteiger partial charge in [0.15, 0.2) is 5.82 Å². The minimum Gasteiger partial charge on any atom is -0.233 e. The number of hydrogen-bond donors (Lipinski definition) is 0. The molecule has 0 amide bonds. The topological polar surface area (TPSA) is 25.8 Å². The fraction of sp³-hybridized carbons (Fsp3) is 0.0526. The average molecular weight is 289 g/mol. The van der Waals surface area contributed by atoms with Crippen molar-refractivity contribution in [2.24, 2.45) is 0 Å². The number of aryl methyl sites for hydroxylation is 1. The van der Waals surface area contributed by atoms with E-state index in [1.165, 1.54) is 18.2 Å². The molecule has 2 nitrogen and oxygen atoms in total. The fourth-order valence-electron chi connectivity index (χ4n) is 2.33. The van der Waals surface area contributed by atoms with Gasteiger partial charge in [0, 0.05) is 22.4 Å². The minimum absolute atomic E-state index is 0.281. The summed E-state index contributed by atoms with van der Waals surface area (Å²) in [6.07, 6.45) is 1.49. The van der Waals surface area contributed by atoms with Crippen LogP contribution in [0.15, 0.2) is 54.6 Å². The van der Waals surface area contributed by atoms with E-state index in [1.54, 1.807) is 12.1 Å². The molecule has 3 aromatic rings. The maximum Gasteiger partial charge on any atom is 0.160 e. The molecule has 0 saturated heterocycles. The van der Waals surface area contributed by atoms with E-state index < -0.39 is 0 Å². The zero-order valence-electron chi connectivity index (χ0n) is 12.1. The highest BCUT2D eigenvalue weighted by Crippen LogP contribution is 2.27. The van der Waals surface area contributed by atoms with Crippen molar-refractivity contribution >= 4 is 6.08 Å². The SMILES string of the molecule is [CH]=Cc1c(C)nc(-c2ccccc2)nc1-c1ccc(F)cc1. The molecule has 0 fully saturated rings. The van der Waals surface area contributed by atoms with Gasteiger partial charge in [-0.2, -0.15) is 0 Å². The molecule has 1 aromatic heterocycles. The molecule has 0 atom stereocenters. The van der Waals surface area contributed by atoms with Crippen LogP contribution in [0.4, 0.5) is 4.39 Å². The van der Waals surface area contributed by atoms with Crippen LogP contribution in [0.2, 0.25) is 0 Å². The van der Waals surface area contributed by atoms with Crippen LogP contribution in [0.3, 0.4) is 0 Å². The molecule has 2 aromatic carbocycles. The van der Waals surface area contributed by atoms with Gasteiger partial charge in [-0.15, -0.1) is 0 Å². The molecule has 1 radical (unpaired) electrons. The lowest BCUT2D eigenvalue weighted by molar-refractivity contribution is 0.628. The molecule has 0 aliphatic rings. The molecule has 0 aliphatic heterocycles. The number of hydrogen-bond acceptors (Lipinski definition) is 2. The number of nitrogens with zero attached hydrogens (tertiary/aromatic N) is 2. The summed E-state index contributed by atoms with van der Waals surface area (Å²) >= 11 is 0. The largest absolute Gasteiger partial charge is 0.233 e. The molecule has 0 spiro atoms. The van der Waals surface area contributed by atoms with Crippen LogP contribution < -0.4 is 0 Å². The summed E-state index contributed by atoms with van der Waals surface area (Å²) in [5.74, 6) is 0.346. The molecule has 3 heteroatoms. The van der Waals surface area contributed by atoms with Crippen molar-refractivity contribution < 1.29 is 4.39 Å². The average Bonchev–Trinajstić information content (AvgIpc) is 2.55. The van der Waals surface area contributed by atoms with E-state index in [0.717, 1.165) is 22.4 Å². The van der Waals surface area contributed by atoms with E-state index in [2.05, 4.69) is 9.97 Å². The molecule has 0 unspecified atom stereocenters. The summed E-state index contributed by atoms with van der Waals surface area (Å²) in [5.41, 5.74) is 3.98. The van der Waals surface area contributed by atoms with Crippen LogP contribution in [0, 0.1) is 19.3 Å². The van der Waals surface area contributed by atoms with Crippen LogP contribution in [0.5, 0.6) is 0 Å². The van der Waals surface area contributed by atoms with Crippen molar-refractivity contribution in [2.75, 3.05) is 0 Å². The van der Waals surface area contributed by atoms with E-state index in [-0.39, 0.29) is 5.82 Å². The smallest absolute Gasteiger partial charge is 0.160 e. The first-order valence-electron chi connectivity index (χ1n) is 6.94. The Balaban J connectivity index is 2.21. The van der Waals surface area contributed by atoms with E-state index in [0.29, 0.717) is 11.5 Å². The van der Waals surface area contributed by atoms with E-state index in [4.69, 9.17) is 6.58 Å². The van der Waals surface area contributed by atoms with Gasteiger partial charge in [0.25, 0.3) is 0 Å². The van der Waals surface area contributed by atoms with Gasteiger partial charge in [-0.1, -0.05) is 43.0 Å². The second-order valence-electron chi connectivity index (χ2n) is 4.93. The maximum atomic E-state index is 13.1. The van der Waals surface area contributed by atoms with Crippen LogP contribution in [0.25, 0.3) is 28.7 Å². The zero-order chi connectivity index (χ0) is 15.5. The second kappa shape index (κ2) is 5.90. The lowest BCUT2D eigenvalue weighted by atomic mass is 10.0. The first-order chi connectivity index (χ1) is 10.7. The van der Waals surface area contributed by atoms with Crippen molar-refractivity contribution in [1.82, 2.24) is 9.97 Å². The summed E-state index contributed by atoms with van der Waals surface area (Å²) in [7, 11) is 0. The normalized spacial score (nSPS) is 10.5. The van der Waals surface area contributed by atoms with E-state index in [9.17, 15) is 4.39 Å². The van der Waals surface area contributed by atoms with Crippen molar-refractivity contribution in [1.29, 1.82) is 0 Å². The first kappa shape index (κ1) is 14.1. The lowest BCUT2D eigenvalue weighted by Gasteiger charge is -2.11. The standard InChI is InChI=1S/C19H14FN2/c1-3-17-13(2)21-19(15-7-5-4-6-8-15)22-18(17)14-9-11-16(20)12-10-14/h1,3-12H,2H3. The molecule has 1 heterocycles. The molecule has 0 N–H and O–H groups in total. The quantitative estimate of drug-likeness (QED) is 0.698. The first-order valence-corrected chi connectivity index (χ1v) is 6.94. The highest BCUT2D eigenvalue weighted by Gasteiger charge is 2.12. The van der Waals surface area contributed by atoms with Gasteiger partial charge in [-0.05, 0) is 31.2 Å². The van der Waals surface area contributed by atoms with Gasteiger partial charge in [0.05, 0.1) is 5.69 Å². The summed E-state index contributed by atoms with van der Waals surface area (Å²) in [6, 6.07) is 15.9. The second-order valence-corrected chi connectivity index (χ2v) is 4.93. The molecule has 107 valence electrons. The third-order valence-corrected chi connectivity index (χ3v) is 3.45. The Hall–Kier alpha value is -2.81. The van der Waals surface area contributed by atoms with E-state index in [1.807, 2.05) is 37.3 Å². The fourth-order valence-corrected chi connectivity index (χ4v) is 2.33. The Morgan fingerprint density at radius 1 is 0.909 bits per heavy atom. The zero-order valence-corrected chi connectivity index (χ0v) is 12.1. The Bertz CT molecular complexity index is 809. The summed E-state index contributed by atoms with van der Waals surface area (Å²) < 4.78 is 13.1. The number of aromatic nitrogens is 2. The van der Waals surface area contributed by atoms with Crippen molar-refractivity contribution in [3.8, 4) is 22.6 Å². The van der Waals surface area contributed by atoms with Crippen molar-refractivity contribution in [2.45, 2.75) is 6.92 Å². The molecular formula is C19H14FN2. The monoisotopic (exact) mass is 289 g/mol. The van der Waals surface area contributed by atoms with Gasteiger partial charge >= 0.3 is 0 Å². The highest BCUT2D eigenvalue weighted by atomic mass is 19.1. The summed E-state index contributed by atoms with van der Waals surface area (Å²) in [4.78, 5) is 9.15. The predicted molar refractivity (Wildman–Crippen MR) is 86.4 cm³/mol. The lowest BCUT2D eigenvalue weighted by Crippen LogP contribution is -1.99. The van der Waals surface area contributed by atoms with E-state index >= 15 is 0 Å². The van der Waals surface area contributed by atoms with Crippen LogP contribution in [0.1, 0.15) is 11.3 Å².